The Morgan fingerprint density at radius 3 is 2.79 bits per heavy atom. The lowest BCUT2D eigenvalue weighted by Crippen LogP contribution is -2.24. The highest BCUT2D eigenvalue weighted by Crippen LogP contribution is 2.34. The highest BCUT2D eigenvalue weighted by atomic mass is 35.5. The van der Waals surface area contributed by atoms with E-state index in [1.54, 1.807) is 30.5 Å². The van der Waals surface area contributed by atoms with Crippen LogP contribution in [0, 0.1) is 6.92 Å². The monoisotopic (exact) mass is 403 g/mol. The predicted octanol–water partition coefficient (Wildman–Crippen LogP) is 5.23. The molecular formula is C21H22ClNO5. The van der Waals surface area contributed by atoms with Gasteiger partial charge in [-0.2, -0.15) is 0 Å². The molecule has 1 aliphatic heterocycles. The number of aromatic nitrogens is 1. The molecule has 148 valence electrons. The SMILES string of the molecule is CC(=Cc1cc(C)c(Oc2ccc(OC3CCCCO3)cn2)c(Cl)c1)C(=O)O. The van der Waals surface area contributed by atoms with Gasteiger partial charge in [0, 0.05) is 18.1 Å². The lowest BCUT2D eigenvalue weighted by atomic mass is 10.1. The molecule has 3 rings (SSSR count). The first-order valence-electron chi connectivity index (χ1n) is 9.06. The predicted molar refractivity (Wildman–Crippen MR) is 106 cm³/mol. The van der Waals surface area contributed by atoms with E-state index in [2.05, 4.69) is 4.98 Å². The van der Waals surface area contributed by atoms with Crippen LogP contribution in [0.2, 0.25) is 5.02 Å². The van der Waals surface area contributed by atoms with E-state index in [0.717, 1.165) is 24.8 Å². The number of hydrogen-bond donors (Lipinski definition) is 1. The van der Waals surface area contributed by atoms with Crippen LogP contribution >= 0.6 is 11.6 Å². The van der Waals surface area contributed by atoms with Gasteiger partial charge in [0.1, 0.15) is 5.75 Å². The minimum Gasteiger partial charge on any atom is -0.478 e. The quantitative estimate of drug-likeness (QED) is 0.665. The smallest absolute Gasteiger partial charge is 0.331 e. The molecule has 1 unspecified atom stereocenters. The summed E-state index contributed by atoms with van der Waals surface area (Å²) in [6.45, 7) is 4.09. The molecule has 1 atom stereocenters. The van der Waals surface area contributed by atoms with Crippen molar-refractivity contribution in [3.05, 3.63) is 52.2 Å². The molecule has 0 amide bonds. The molecule has 0 spiro atoms. The number of nitrogens with zero attached hydrogens (tertiary/aromatic N) is 1. The standard InChI is InChI=1S/C21H22ClNO5/c1-13-9-15(10-14(2)21(24)25)11-17(22)20(13)28-18-7-6-16(12-23-18)27-19-5-3-4-8-26-19/h6-7,9-12,19H,3-5,8H2,1-2H3,(H,24,25). The first-order valence-corrected chi connectivity index (χ1v) is 9.44. The fourth-order valence-electron chi connectivity index (χ4n) is 2.84. The van der Waals surface area contributed by atoms with Crippen LogP contribution in [0.3, 0.4) is 0 Å². The molecule has 1 aromatic carbocycles. The molecule has 0 aliphatic carbocycles. The van der Waals surface area contributed by atoms with Crippen molar-refractivity contribution in [2.24, 2.45) is 0 Å². The maximum absolute atomic E-state index is 11.0. The minimum atomic E-state index is -0.973. The molecule has 2 heterocycles. The Labute approximate surface area is 168 Å². The van der Waals surface area contributed by atoms with Crippen LogP contribution in [0.15, 0.2) is 36.0 Å². The Hall–Kier alpha value is -2.57. The highest BCUT2D eigenvalue weighted by Gasteiger charge is 2.16. The highest BCUT2D eigenvalue weighted by molar-refractivity contribution is 6.32. The van der Waals surface area contributed by atoms with E-state index in [0.29, 0.717) is 34.6 Å². The summed E-state index contributed by atoms with van der Waals surface area (Å²) in [5.41, 5.74) is 1.69. The Bertz CT molecular complexity index is 850. The molecule has 0 bridgehead atoms. The van der Waals surface area contributed by atoms with E-state index in [-0.39, 0.29) is 11.9 Å². The van der Waals surface area contributed by atoms with Gasteiger partial charge in [-0.3, -0.25) is 0 Å². The van der Waals surface area contributed by atoms with Gasteiger partial charge in [0.05, 0.1) is 17.8 Å². The van der Waals surface area contributed by atoms with Gasteiger partial charge in [-0.1, -0.05) is 11.6 Å². The Morgan fingerprint density at radius 1 is 1.36 bits per heavy atom. The van der Waals surface area contributed by atoms with Crippen molar-refractivity contribution in [2.75, 3.05) is 6.61 Å². The van der Waals surface area contributed by atoms with Gasteiger partial charge in [0.2, 0.25) is 5.88 Å². The molecule has 1 fully saturated rings. The van der Waals surface area contributed by atoms with E-state index < -0.39 is 5.97 Å². The summed E-state index contributed by atoms with van der Waals surface area (Å²) in [5, 5.41) is 9.38. The van der Waals surface area contributed by atoms with E-state index in [9.17, 15) is 4.79 Å². The van der Waals surface area contributed by atoms with Crippen molar-refractivity contribution in [3.8, 4) is 17.4 Å². The zero-order valence-electron chi connectivity index (χ0n) is 15.8. The van der Waals surface area contributed by atoms with Gasteiger partial charge in [0.25, 0.3) is 0 Å². The van der Waals surface area contributed by atoms with Crippen LogP contribution in [-0.4, -0.2) is 29.0 Å². The summed E-state index contributed by atoms with van der Waals surface area (Å²) in [6, 6.07) is 6.95. The topological polar surface area (TPSA) is 77.9 Å². The number of aliphatic carboxylic acids is 1. The number of carboxylic acids is 1. The average molecular weight is 404 g/mol. The second-order valence-electron chi connectivity index (χ2n) is 6.63. The summed E-state index contributed by atoms with van der Waals surface area (Å²) in [6.07, 6.45) is 5.94. The van der Waals surface area contributed by atoms with Crippen molar-refractivity contribution in [2.45, 2.75) is 39.4 Å². The van der Waals surface area contributed by atoms with Crippen molar-refractivity contribution >= 4 is 23.6 Å². The zero-order valence-corrected chi connectivity index (χ0v) is 16.5. The number of ether oxygens (including phenoxy) is 3. The van der Waals surface area contributed by atoms with E-state index in [1.807, 2.05) is 13.0 Å². The molecule has 6 nitrogen and oxygen atoms in total. The second kappa shape index (κ2) is 9.08. The normalized spacial score (nSPS) is 17.2. The number of aryl methyl sites for hydroxylation is 1. The van der Waals surface area contributed by atoms with E-state index in [4.69, 9.17) is 30.9 Å². The van der Waals surface area contributed by atoms with Gasteiger partial charge in [-0.25, -0.2) is 9.78 Å². The van der Waals surface area contributed by atoms with Crippen LogP contribution in [0.4, 0.5) is 0 Å². The molecule has 0 radical (unpaired) electrons. The number of carbonyl (C=O) groups is 1. The third-order valence-corrected chi connectivity index (χ3v) is 4.57. The van der Waals surface area contributed by atoms with Crippen LogP contribution < -0.4 is 9.47 Å². The summed E-state index contributed by atoms with van der Waals surface area (Å²) >= 11 is 6.34. The molecule has 1 aromatic heterocycles. The van der Waals surface area contributed by atoms with E-state index in [1.165, 1.54) is 6.92 Å². The number of benzene rings is 1. The van der Waals surface area contributed by atoms with Gasteiger partial charge in [-0.15, -0.1) is 0 Å². The lowest BCUT2D eigenvalue weighted by Gasteiger charge is -2.23. The molecule has 1 saturated heterocycles. The molecule has 2 aromatic rings. The number of carboxylic acid groups (broad SMARTS) is 1. The number of rotatable bonds is 6. The maximum Gasteiger partial charge on any atom is 0.331 e. The van der Waals surface area contributed by atoms with Crippen LogP contribution in [-0.2, 0) is 9.53 Å². The molecule has 28 heavy (non-hydrogen) atoms. The van der Waals surface area contributed by atoms with Gasteiger partial charge in [-0.05, 0) is 62.1 Å². The largest absolute Gasteiger partial charge is 0.478 e. The third kappa shape index (κ3) is 5.24. The summed E-state index contributed by atoms with van der Waals surface area (Å²) in [5.74, 6) is 0.501. The minimum absolute atomic E-state index is 0.225. The Morgan fingerprint density at radius 2 is 2.18 bits per heavy atom. The fourth-order valence-corrected chi connectivity index (χ4v) is 3.15. The molecule has 7 heteroatoms. The Kier molecular flexibility index (Phi) is 6.54. The molecule has 1 N–H and O–H groups in total. The van der Waals surface area contributed by atoms with E-state index >= 15 is 0 Å². The second-order valence-corrected chi connectivity index (χ2v) is 7.04. The number of halogens is 1. The summed E-state index contributed by atoms with van der Waals surface area (Å²) in [4.78, 5) is 15.2. The van der Waals surface area contributed by atoms with Crippen LogP contribution in [0.1, 0.15) is 37.3 Å². The fraction of sp³-hybridized carbons (Fsp3) is 0.333. The summed E-state index contributed by atoms with van der Waals surface area (Å²) < 4.78 is 17.1. The zero-order chi connectivity index (χ0) is 20.1. The molecular weight excluding hydrogens is 382 g/mol. The first-order chi connectivity index (χ1) is 13.4. The maximum atomic E-state index is 11.0. The lowest BCUT2D eigenvalue weighted by molar-refractivity contribution is -0.132. The van der Waals surface area contributed by atoms with Gasteiger partial charge >= 0.3 is 5.97 Å². The van der Waals surface area contributed by atoms with Crippen LogP contribution in [0.25, 0.3) is 6.08 Å². The van der Waals surface area contributed by atoms with Crippen molar-refractivity contribution in [1.29, 1.82) is 0 Å². The van der Waals surface area contributed by atoms with Gasteiger partial charge < -0.3 is 19.3 Å². The van der Waals surface area contributed by atoms with Crippen molar-refractivity contribution in [3.63, 3.8) is 0 Å². The average Bonchev–Trinajstić information content (AvgIpc) is 2.67. The number of hydrogen-bond acceptors (Lipinski definition) is 5. The molecule has 0 saturated carbocycles. The van der Waals surface area contributed by atoms with Crippen LogP contribution in [0.5, 0.6) is 17.4 Å². The Balaban J connectivity index is 1.70. The van der Waals surface area contributed by atoms with Gasteiger partial charge in [0.15, 0.2) is 12.0 Å². The van der Waals surface area contributed by atoms with Crippen molar-refractivity contribution in [1.82, 2.24) is 4.98 Å². The third-order valence-electron chi connectivity index (χ3n) is 4.29. The number of pyridine rings is 1. The first kappa shape index (κ1) is 20.2. The molecule has 1 aliphatic rings. The summed E-state index contributed by atoms with van der Waals surface area (Å²) in [7, 11) is 0. The van der Waals surface area contributed by atoms with Crippen molar-refractivity contribution < 1.29 is 24.1 Å².